The summed E-state index contributed by atoms with van der Waals surface area (Å²) in [4.78, 5) is 36.4. The largest absolute Gasteiger partial charge is 0.481 e. The maximum Gasteiger partial charge on any atom is 0.414 e. The summed E-state index contributed by atoms with van der Waals surface area (Å²) in [7, 11) is 3.16. The second-order valence-electron chi connectivity index (χ2n) is 7.72. The van der Waals surface area contributed by atoms with Crippen LogP contribution in [0.25, 0.3) is 17.1 Å². The van der Waals surface area contributed by atoms with E-state index in [2.05, 4.69) is 9.97 Å². The summed E-state index contributed by atoms with van der Waals surface area (Å²) in [5, 5.41) is 0. The van der Waals surface area contributed by atoms with E-state index in [9.17, 15) is 14.0 Å². The molecular weight excluding hydrogens is 427 g/mol. The molecule has 0 radical (unpaired) electrons. The molecule has 9 heteroatoms. The van der Waals surface area contributed by atoms with Crippen molar-refractivity contribution < 1.29 is 23.5 Å². The van der Waals surface area contributed by atoms with Gasteiger partial charge in [-0.1, -0.05) is 6.07 Å². The van der Waals surface area contributed by atoms with Crippen LogP contribution in [0.1, 0.15) is 11.1 Å². The average Bonchev–Trinajstić information content (AvgIpc) is 3.18. The molecule has 0 aliphatic carbocycles. The number of fused-ring (bicyclic) bond motifs is 1. The third kappa shape index (κ3) is 4.77. The monoisotopic (exact) mass is 450 g/mol. The fourth-order valence-electron chi connectivity index (χ4n) is 3.54. The van der Waals surface area contributed by atoms with Crippen LogP contribution in [-0.4, -0.2) is 60.2 Å². The maximum absolute atomic E-state index is 13.9. The topological polar surface area (TPSA) is 84.9 Å². The molecule has 0 bridgehead atoms. The molecule has 4 rings (SSSR count). The van der Waals surface area contributed by atoms with Crippen LogP contribution in [0.2, 0.25) is 0 Å². The van der Waals surface area contributed by atoms with Gasteiger partial charge >= 0.3 is 6.09 Å². The van der Waals surface area contributed by atoms with Gasteiger partial charge in [0.05, 0.1) is 36.9 Å². The van der Waals surface area contributed by atoms with Gasteiger partial charge in [-0.2, -0.15) is 0 Å². The molecule has 170 valence electrons. The summed E-state index contributed by atoms with van der Waals surface area (Å²) >= 11 is 0. The highest BCUT2D eigenvalue weighted by molar-refractivity contribution is 5.95. The highest BCUT2D eigenvalue weighted by atomic mass is 19.1. The molecular formula is C24H23FN4O4. The van der Waals surface area contributed by atoms with Gasteiger partial charge in [-0.05, 0) is 42.8 Å². The molecule has 2 amide bonds. The van der Waals surface area contributed by atoms with E-state index in [0.717, 1.165) is 5.56 Å². The number of anilines is 1. The van der Waals surface area contributed by atoms with Crippen LogP contribution in [0, 0.1) is 12.7 Å². The third-order valence-electron chi connectivity index (χ3n) is 5.40. The molecule has 0 unspecified atom stereocenters. The molecule has 8 nitrogen and oxygen atoms in total. The molecule has 2 aromatic heterocycles. The number of aryl methyl sites for hydroxylation is 1. The number of aromatic nitrogens is 2. The quantitative estimate of drug-likeness (QED) is 0.534. The van der Waals surface area contributed by atoms with Crippen molar-refractivity contribution in [2.75, 3.05) is 32.1 Å². The zero-order chi connectivity index (χ0) is 23.5. The number of amides is 2. The Hall–Kier alpha value is -4.01. The second kappa shape index (κ2) is 9.23. The minimum Gasteiger partial charge on any atom is -0.481 e. The van der Waals surface area contributed by atoms with Crippen molar-refractivity contribution in [3.63, 3.8) is 0 Å². The lowest BCUT2D eigenvalue weighted by Crippen LogP contribution is -2.35. The lowest BCUT2D eigenvalue weighted by molar-refractivity contribution is -0.125. The average molecular weight is 450 g/mol. The van der Waals surface area contributed by atoms with Crippen LogP contribution < -0.4 is 9.64 Å². The van der Waals surface area contributed by atoms with Gasteiger partial charge in [0.1, 0.15) is 11.9 Å². The van der Waals surface area contributed by atoms with E-state index in [1.54, 1.807) is 56.6 Å². The van der Waals surface area contributed by atoms with E-state index in [-0.39, 0.29) is 19.0 Å². The summed E-state index contributed by atoms with van der Waals surface area (Å²) in [5.41, 5.74) is 2.95. The molecule has 0 N–H and O–H groups in total. The standard InChI is InChI=1S/C24H23FN4O4/c1-15-4-6-17(12-19(15)25)29-14-18(33-24(29)31)13-28(2)22(30)9-5-16-10-11-26-20-7-8-21(32-3)27-23(16)20/h4-12,18H,13-14H2,1-3H3/t18-/m0/s1. The van der Waals surface area contributed by atoms with Crippen LogP contribution in [0.4, 0.5) is 14.9 Å². The van der Waals surface area contributed by atoms with Gasteiger partial charge in [0.2, 0.25) is 11.8 Å². The molecule has 1 aliphatic heterocycles. The summed E-state index contributed by atoms with van der Waals surface area (Å²) in [6.45, 7) is 2.07. The summed E-state index contributed by atoms with van der Waals surface area (Å²) < 4.78 is 24.4. The fraction of sp³-hybridized carbons (Fsp3) is 0.250. The predicted octanol–water partition coefficient (Wildman–Crippen LogP) is 3.58. The van der Waals surface area contributed by atoms with Crippen molar-refractivity contribution in [3.05, 3.63) is 65.6 Å². The van der Waals surface area contributed by atoms with Crippen LogP contribution in [0.3, 0.4) is 0 Å². The second-order valence-corrected chi connectivity index (χ2v) is 7.72. The Bertz CT molecular complexity index is 1250. The predicted molar refractivity (Wildman–Crippen MR) is 122 cm³/mol. The first-order valence-electron chi connectivity index (χ1n) is 10.3. The fourth-order valence-corrected chi connectivity index (χ4v) is 3.54. The number of hydrogen-bond donors (Lipinski definition) is 0. The van der Waals surface area contributed by atoms with Crippen molar-refractivity contribution >= 4 is 34.8 Å². The molecule has 33 heavy (non-hydrogen) atoms. The smallest absolute Gasteiger partial charge is 0.414 e. The number of benzene rings is 1. The summed E-state index contributed by atoms with van der Waals surface area (Å²) in [5.74, 6) is -0.203. The van der Waals surface area contributed by atoms with Gasteiger partial charge in [-0.15, -0.1) is 0 Å². The first kappa shape index (κ1) is 22.2. The molecule has 3 heterocycles. The van der Waals surface area contributed by atoms with E-state index in [1.165, 1.54) is 29.1 Å². The summed E-state index contributed by atoms with van der Waals surface area (Å²) in [6, 6.07) is 9.86. The third-order valence-corrected chi connectivity index (χ3v) is 5.40. The van der Waals surface area contributed by atoms with Crippen LogP contribution in [0.5, 0.6) is 5.88 Å². The molecule has 1 atom stereocenters. The molecule has 0 saturated carbocycles. The first-order valence-corrected chi connectivity index (χ1v) is 10.3. The van der Waals surface area contributed by atoms with Crippen molar-refractivity contribution in [2.24, 2.45) is 0 Å². The number of ether oxygens (including phenoxy) is 2. The van der Waals surface area contributed by atoms with Gasteiger partial charge in [-0.3, -0.25) is 14.7 Å². The Morgan fingerprint density at radius 2 is 2.15 bits per heavy atom. The minimum atomic E-state index is -0.567. The highest BCUT2D eigenvalue weighted by Crippen LogP contribution is 2.24. The number of carbonyl (C=O) groups excluding carboxylic acids is 2. The van der Waals surface area contributed by atoms with Crippen molar-refractivity contribution in [3.8, 4) is 5.88 Å². The number of methoxy groups -OCH3 is 1. The van der Waals surface area contributed by atoms with Gasteiger partial charge in [-0.25, -0.2) is 14.2 Å². The van der Waals surface area contributed by atoms with Gasteiger partial charge in [0, 0.05) is 31.0 Å². The van der Waals surface area contributed by atoms with E-state index in [0.29, 0.717) is 28.2 Å². The number of hydrogen-bond acceptors (Lipinski definition) is 6. The van der Waals surface area contributed by atoms with Crippen LogP contribution >= 0.6 is 0 Å². The summed E-state index contributed by atoms with van der Waals surface area (Å²) in [6.07, 6.45) is 3.64. The Labute approximate surface area is 190 Å². The van der Waals surface area contributed by atoms with E-state index in [4.69, 9.17) is 9.47 Å². The molecule has 1 saturated heterocycles. The van der Waals surface area contributed by atoms with Gasteiger partial charge < -0.3 is 14.4 Å². The first-order chi connectivity index (χ1) is 15.9. The Morgan fingerprint density at radius 3 is 2.91 bits per heavy atom. The van der Waals surface area contributed by atoms with Crippen molar-refractivity contribution in [1.29, 1.82) is 0 Å². The SMILES string of the molecule is COc1ccc2nccc(C=CC(=O)N(C)C[C@H]3CN(c4ccc(C)c(F)c4)C(=O)O3)c2n1. The number of nitrogens with zero attached hydrogens (tertiary/aromatic N) is 4. The zero-order valence-electron chi connectivity index (χ0n) is 18.5. The lowest BCUT2D eigenvalue weighted by Gasteiger charge is -2.18. The number of likely N-dealkylation sites (N-methyl/N-ethyl adjacent to an activating group) is 1. The van der Waals surface area contributed by atoms with E-state index in [1.807, 2.05) is 0 Å². The van der Waals surface area contributed by atoms with Gasteiger partial charge in [0.15, 0.2) is 0 Å². The van der Waals surface area contributed by atoms with Crippen LogP contribution in [0.15, 0.2) is 48.7 Å². The normalized spacial score (nSPS) is 15.8. The molecule has 1 fully saturated rings. The lowest BCUT2D eigenvalue weighted by atomic mass is 10.2. The molecule has 1 aromatic carbocycles. The minimum absolute atomic E-state index is 0.197. The number of halogens is 1. The van der Waals surface area contributed by atoms with E-state index < -0.39 is 18.0 Å². The number of carbonyl (C=O) groups is 2. The molecule has 1 aliphatic rings. The zero-order valence-corrected chi connectivity index (χ0v) is 18.5. The van der Waals surface area contributed by atoms with E-state index >= 15 is 0 Å². The highest BCUT2D eigenvalue weighted by Gasteiger charge is 2.33. The Balaban J connectivity index is 1.42. The Kier molecular flexibility index (Phi) is 6.21. The maximum atomic E-state index is 13.9. The number of cyclic esters (lactones) is 1. The van der Waals surface area contributed by atoms with Crippen LogP contribution in [-0.2, 0) is 9.53 Å². The number of pyridine rings is 2. The molecule has 0 spiro atoms. The van der Waals surface area contributed by atoms with Crippen molar-refractivity contribution in [2.45, 2.75) is 13.0 Å². The molecule has 3 aromatic rings. The Morgan fingerprint density at radius 1 is 1.33 bits per heavy atom. The van der Waals surface area contributed by atoms with Gasteiger partial charge in [0.25, 0.3) is 0 Å². The van der Waals surface area contributed by atoms with Crippen molar-refractivity contribution in [1.82, 2.24) is 14.9 Å². The number of rotatable bonds is 6.